The Morgan fingerprint density at radius 2 is 0.776 bits per heavy atom. The molecule has 3 fully saturated rings. The van der Waals surface area contributed by atoms with Crippen LogP contribution in [0.2, 0.25) is 0 Å². The lowest BCUT2D eigenvalue weighted by atomic mass is 10.1. The molecular weight excluding hydrogens is 753 g/mol. The topological polar surface area (TPSA) is 143 Å². The van der Waals surface area contributed by atoms with Crippen LogP contribution in [-0.2, 0) is 4.74 Å². The highest BCUT2D eigenvalue weighted by molar-refractivity contribution is 7.99. The molecule has 0 spiro atoms. The summed E-state index contributed by atoms with van der Waals surface area (Å²) in [5.41, 5.74) is 4.24. The van der Waals surface area contributed by atoms with E-state index >= 15 is 0 Å². The summed E-state index contributed by atoms with van der Waals surface area (Å²) in [6.07, 6.45) is 0. The molecule has 3 saturated heterocycles. The summed E-state index contributed by atoms with van der Waals surface area (Å²) < 4.78 is 5.34. The van der Waals surface area contributed by atoms with Crippen LogP contribution in [0.15, 0.2) is 109 Å². The molecule has 0 saturated carbocycles. The average Bonchev–Trinajstić information content (AvgIpc) is 3.26. The van der Waals surface area contributed by atoms with E-state index in [0.717, 1.165) is 104 Å². The van der Waals surface area contributed by atoms with Gasteiger partial charge in [-0.1, -0.05) is 54.6 Å². The van der Waals surface area contributed by atoms with Crippen molar-refractivity contribution in [1.82, 2.24) is 4.90 Å². The van der Waals surface area contributed by atoms with Gasteiger partial charge in [0.2, 0.25) is 0 Å². The number of piperazine rings is 1. The van der Waals surface area contributed by atoms with Crippen LogP contribution < -0.4 is 30.0 Å². The van der Waals surface area contributed by atoms with Crippen LogP contribution in [0, 0.1) is 0 Å². The van der Waals surface area contributed by atoms with Crippen molar-refractivity contribution in [2.24, 2.45) is 0 Å². The number of ether oxygens (including phenoxy) is 1. The van der Waals surface area contributed by atoms with E-state index in [-0.39, 0.29) is 16.7 Å². The fraction of sp³-hybridized carbons (Fsp3) is 0.283. The number of carboxylic acid groups (broad SMARTS) is 3. The third-order valence-corrected chi connectivity index (χ3v) is 11.7. The number of carbonyl (C=O) groups is 3. The van der Waals surface area contributed by atoms with Crippen molar-refractivity contribution in [3.8, 4) is 0 Å². The molecule has 12 heteroatoms. The number of anilines is 3. The molecule has 0 aromatic heterocycles. The second-order valence-corrected chi connectivity index (χ2v) is 15.8. The van der Waals surface area contributed by atoms with E-state index in [9.17, 15) is 29.7 Å². The standard InChI is InChI=1S/C16H18N2O2.C15H15NO3.C15H15NO2S/c1-17-6-8-18(9-7-17)15-5-4-12-10-14(16(19)20)3-2-13(12)11-15;2*17-15(18)13-2-1-12-10-14(4-3-11(12)9-13)16-5-7-19-8-6-16/h2-5,10-11H,6-9H2,1H3,(H,19,20);2*1-4,9-10H,5-8H2,(H,17,18)/p-3. The average molecular weight is 798 g/mol. The van der Waals surface area contributed by atoms with Gasteiger partial charge in [-0.2, -0.15) is 11.8 Å². The minimum Gasteiger partial charge on any atom is -0.545 e. The van der Waals surface area contributed by atoms with Crippen LogP contribution in [0.25, 0.3) is 32.3 Å². The molecule has 3 aliphatic rings. The molecule has 0 radical (unpaired) electrons. The molecule has 6 aromatic rings. The Bertz CT molecular complexity index is 2310. The number of benzene rings is 6. The van der Waals surface area contributed by atoms with Crippen molar-refractivity contribution in [3.63, 3.8) is 0 Å². The van der Waals surface area contributed by atoms with Gasteiger partial charge in [0.05, 0.1) is 31.1 Å². The molecule has 3 aliphatic heterocycles. The van der Waals surface area contributed by atoms with Gasteiger partial charge in [-0.05, 0) is 111 Å². The van der Waals surface area contributed by atoms with Crippen molar-refractivity contribution < 1.29 is 34.4 Å². The van der Waals surface area contributed by atoms with E-state index in [2.05, 4.69) is 57.0 Å². The first kappa shape index (κ1) is 40.4. The number of carbonyl (C=O) groups excluding carboxylic acids is 3. The van der Waals surface area contributed by atoms with Gasteiger partial charge in [0.15, 0.2) is 0 Å². The van der Waals surface area contributed by atoms with Crippen molar-refractivity contribution in [3.05, 3.63) is 126 Å². The van der Waals surface area contributed by atoms with Crippen LogP contribution in [0.1, 0.15) is 31.1 Å². The molecule has 0 atom stereocenters. The third kappa shape index (κ3) is 10.00. The lowest BCUT2D eigenvalue weighted by Gasteiger charge is -2.34. The zero-order valence-electron chi connectivity index (χ0n) is 32.4. The molecule has 9 rings (SSSR count). The van der Waals surface area contributed by atoms with E-state index < -0.39 is 17.9 Å². The quantitative estimate of drug-likeness (QED) is 0.242. The number of carboxylic acids is 3. The van der Waals surface area contributed by atoms with Crippen LogP contribution >= 0.6 is 11.8 Å². The highest BCUT2D eigenvalue weighted by Crippen LogP contribution is 2.27. The number of rotatable bonds is 6. The van der Waals surface area contributed by atoms with Crippen molar-refractivity contribution in [2.45, 2.75) is 0 Å². The number of fused-ring (bicyclic) bond motifs is 3. The van der Waals surface area contributed by atoms with E-state index in [1.807, 2.05) is 54.2 Å². The van der Waals surface area contributed by atoms with E-state index in [1.54, 1.807) is 36.4 Å². The molecule has 0 unspecified atom stereocenters. The number of likely N-dealkylation sites (N-methyl/N-ethyl adjacent to an activating group) is 1. The largest absolute Gasteiger partial charge is 0.545 e. The fourth-order valence-electron chi connectivity index (χ4n) is 7.38. The summed E-state index contributed by atoms with van der Waals surface area (Å²) >= 11 is 1.99. The first-order valence-corrected chi connectivity index (χ1v) is 20.6. The van der Waals surface area contributed by atoms with E-state index in [4.69, 9.17) is 4.74 Å². The predicted molar refractivity (Wildman–Crippen MR) is 227 cm³/mol. The van der Waals surface area contributed by atoms with Gasteiger partial charge in [0.1, 0.15) is 0 Å². The van der Waals surface area contributed by atoms with Gasteiger partial charge in [-0.3, -0.25) is 0 Å². The van der Waals surface area contributed by atoms with E-state index in [0.29, 0.717) is 0 Å². The zero-order valence-corrected chi connectivity index (χ0v) is 33.2. The second kappa shape index (κ2) is 18.6. The number of aromatic carboxylic acids is 3. The third-order valence-electron chi connectivity index (χ3n) is 10.8. The zero-order chi connectivity index (χ0) is 40.6. The van der Waals surface area contributed by atoms with Gasteiger partial charge in [-0.25, -0.2) is 0 Å². The monoisotopic (exact) mass is 797 g/mol. The molecule has 0 amide bonds. The highest BCUT2D eigenvalue weighted by atomic mass is 32.2. The first-order chi connectivity index (χ1) is 28.1. The molecule has 300 valence electrons. The molecule has 0 bridgehead atoms. The van der Waals surface area contributed by atoms with Gasteiger partial charge < -0.3 is 54.0 Å². The van der Waals surface area contributed by atoms with Crippen LogP contribution in [0.5, 0.6) is 0 Å². The summed E-state index contributed by atoms with van der Waals surface area (Å²) in [5.74, 6) is -1.06. The van der Waals surface area contributed by atoms with Crippen LogP contribution in [0.3, 0.4) is 0 Å². The maximum atomic E-state index is 10.9. The van der Waals surface area contributed by atoms with Crippen LogP contribution in [-0.4, -0.2) is 107 Å². The van der Waals surface area contributed by atoms with Crippen molar-refractivity contribution >= 4 is 79.0 Å². The molecule has 6 aromatic carbocycles. The maximum absolute atomic E-state index is 10.9. The van der Waals surface area contributed by atoms with Crippen molar-refractivity contribution in [1.29, 1.82) is 0 Å². The van der Waals surface area contributed by atoms with Crippen molar-refractivity contribution in [2.75, 3.05) is 98.8 Å². The van der Waals surface area contributed by atoms with Gasteiger partial charge >= 0.3 is 0 Å². The highest BCUT2D eigenvalue weighted by Gasteiger charge is 2.15. The molecule has 0 N–H and O–H groups in total. The Hall–Kier alpha value is -5.82. The fourth-order valence-corrected chi connectivity index (χ4v) is 8.28. The molecule has 58 heavy (non-hydrogen) atoms. The Morgan fingerprint density at radius 3 is 1.16 bits per heavy atom. The van der Waals surface area contributed by atoms with Gasteiger partial charge in [-0.15, -0.1) is 0 Å². The summed E-state index contributed by atoms with van der Waals surface area (Å²) in [6, 6.07) is 33.7. The number of hydrogen-bond acceptors (Lipinski definition) is 12. The van der Waals surface area contributed by atoms with E-state index in [1.165, 1.54) is 22.9 Å². The smallest absolute Gasteiger partial charge is 0.0715 e. The molecule has 3 heterocycles. The van der Waals surface area contributed by atoms with Gasteiger partial charge in [0.25, 0.3) is 0 Å². The van der Waals surface area contributed by atoms with Gasteiger partial charge in [0, 0.05) is 80.9 Å². The molecular formula is C46H45N4O7S-3. The summed E-state index contributed by atoms with van der Waals surface area (Å²) in [5, 5.41) is 38.5. The maximum Gasteiger partial charge on any atom is 0.0715 e. The number of nitrogens with zero attached hydrogens (tertiary/aromatic N) is 4. The SMILES string of the molecule is CN1CCN(c2ccc3cc(C(=O)[O-])ccc3c2)CC1.O=C([O-])c1ccc2cc(N3CCOCC3)ccc2c1.O=C([O-])c1ccc2cc(N3CCSCC3)ccc2c1. The summed E-state index contributed by atoms with van der Waals surface area (Å²) in [6.45, 7) is 9.64. The molecule has 0 aliphatic carbocycles. The number of thioether (sulfide) groups is 1. The lowest BCUT2D eigenvalue weighted by molar-refractivity contribution is -0.256. The Kier molecular flexibility index (Phi) is 13.0. The predicted octanol–water partition coefficient (Wildman–Crippen LogP) is 3.75. The second-order valence-electron chi connectivity index (χ2n) is 14.6. The normalized spacial score (nSPS) is 16.0. The summed E-state index contributed by atoms with van der Waals surface area (Å²) in [4.78, 5) is 41.9. The van der Waals surface area contributed by atoms with Crippen LogP contribution in [0.4, 0.5) is 17.1 Å². The number of morpholine rings is 1. The lowest BCUT2D eigenvalue weighted by Crippen LogP contribution is -2.44. The molecule has 11 nitrogen and oxygen atoms in total. The Morgan fingerprint density at radius 1 is 0.448 bits per heavy atom. The minimum atomic E-state index is -1.14. The number of hydrogen-bond donors (Lipinski definition) is 0. The minimum absolute atomic E-state index is 0.214. The Balaban J connectivity index is 0.000000132. The Labute approximate surface area is 342 Å². The summed E-state index contributed by atoms with van der Waals surface area (Å²) in [7, 11) is 2.14. The first-order valence-electron chi connectivity index (χ1n) is 19.5.